The van der Waals surface area contributed by atoms with Gasteiger partial charge in [0.2, 0.25) is 0 Å². The molecule has 0 spiro atoms. The Bertz CT molecular complexity index is 630. The van der Waals surface area contributed by atoms with Gasteiger partial charge in [-0.3, -0.25) is 0 Å². The molecule has 164 valence electrons. The van der Waals surface area contributed by atoms with Crippen molar-refractivity contribution in [3.63, 3.8) is 0 Å². The molecule has 0 aromatic heterocycles. The van der Waals surface area contributed by atoms with Gasteiger partial charge in [-0.25, -0.2) is 0 Å². The highest BCUT2D eigenvalue weighted by Gasteiger charge is 2.50. The van der Waals surface area contributed by atoms with Crippen LogP contribution < -0.4 is 0 Å². The molecular weight excluding hydrogens is 356 g/mol. The molecule has 0 aromatic rings. The highest BCUT2D eigenvalue weighted by molar-refractivity contribution is 5.36. The van der Waals surface area contributed by atoms with Gasteiger partial charge < -0.3 is 10.2 Å². The van der Waals surface area contributed by atoms with Crippen LogP contribution in [-0.2, 0) is 0 Å². The first-order valence-electron chi connectivity index (χ1n) is 12.2. The molecular formula is C27H44O2. The Kier molecular flexibility index (Phi) is 7.84. The van der Waals surface area contributed by atoms with E-state index < -0.39 is 0 Å². The van der Waals surface area contributed by atoms with Crippen LogP contribution in [0, 0.1) is 29.1 Å². The predicted molar refractivity (Wildman–Crippen MR) is 123 cm³/mol. The average molecular weight is 401 g/mol. The Balaban J connectivity index is 1.67. The van der Waals surface area contributed by atoms with E-state index in [1.54, 1.807) is 5.57 Å². The molecule has 0 heterocycles. The Morgan fingerprint density at radius 3 is 2.69 bits per heavy atom. The molecule has 3 aliphatic carbocycles. The van der Waals surface area contributed by atoms with E-state index in [9.17, 15) is 10.2 Å². The second kappa shape index (κ2) is 9.96. The summed E-state index contributed by atoms with van der Waals surface area (Å²) in [5.41, 5.74) is 4.60. The Labute approximate surface area is 179 Å². The maximum atomic E-state index is 10.0. The van der Waals surface area contributed by atoms with E-state index in [2.05, 4.69) is 39.5 Å². The van der Waals surface area contributed by atoms with E-state index in [1.807, 2.05) is 0 Å². The normalized spacial score (nSPS) is 37.7. The molecule has 29 heavy (non-hydrogen) atoms. The Hall–Kier alpha value is -0.860. The van der Waals surface area contributed by atoms with E-state index in [0.29, 0.717) is 17.9 Å². The SMILES string of the molecule is C=C1CC[C@H](O)C/C1=C/C=C1\CCC[C@@]2(C)C1CC[C@@H]2[C@H](C)CCCC(C)CO. The van der Waals surface area contributed by atoms with Crippen LogP contribution in [0.2, 0.25) is 0 Å². The van der Waals surface area contributed by atoms with Gasteiger partial charge in [0.25, 0.3) is 0 Å². The van der Waals surface area contributed by atoms with Crippen LogP contribution in [0.25, 0.3) is 0 Å². The lowest BCUT2D eigenvalue weighted by atomic mass is 9.60. The van der Waals surface area contributed by atoms with Crippen molar-refractivity contribution < 1.29 is 10.2 Å². The van der Waals surface area contributed by atoms with Crippen molar-refractivity contribution in [3.8, 4) is 0 Å². The Morgan fingerprint density at radius 2 is 1.93 bits per heavy atom. The summed E-state index contributed by atoms with van der Waals surface area (Å²) in [4.78, 5) is 0. The molecule has 2 unspecified atom stereocenters. The molecule has 2 N–H and O–H groups in total. The van der Waals surface area contributed by atoms with E-state index >= 15 is 0 Å². The minimum atomic E-state index is -0.188. The average Bonchev–Trinajstić information content (AvgIpc) is 3.06. The fraction of sp³-hybridized carbons (Fsp3) is 0.778. The summed E-state index contributed by atoms with van der Waals surface area (Å²) in [6.45, 7) is 11.8. The van der Waals surface area contributed by atoms with Crippen molar-refractivity contribution >= 4 is 0 Å². The summed E-state index contributed by atoms with van der Waals surface area (Å²) in [6.07, 6.45) is 17.5. The number of hydrogen-bond donors (Lipinski definition) is 2. The van der Waals surface area contributed by atoms with Gasteiger partial charge in [0.1, 0.15) is 0 Å². The van der Waals surface area contributed by atoms with E-state index in [1.165, 1.54) is 56.1 Å². The maximum Gasteiger partial charge on any atom is 0.0583 e. The highest BCUT2D eigenvalue weighted by Crippen LogP contribution is 2.59. The van der Waals surface area contributed by atoms with Gasteiger partial charge >= 0.3 is 0 Å². The molecule has 0 aliphatic heterocycles. The summed E-state index contributed by atoms with van der Waals surface area (Å²) in [5.74, 6) is 2.79. The molecule has 0 bridgehead atoms. The smallest absolute Gasteiger partial charge is 0.0583 e. The van der Waals surface area contributed by atoms with E-state index in [-0.39, 0.29) is 6.10 Å². The van der Waals surface area contributed by atoms with Crippen LogP contribution in [0.3, 0.4) is 0 Å². The summed E-state index contributed by atoms with van der Waals surface area (Å²) in [6, 6.07) is 0. The quantitative estimate of drug-likeness (QED) is 0.506. The fourth-order valence-corrected chi connectivity index (χ4v) is 6.69. The van der Waals surface area contributed by atoms with Gasteiger partial charge in [-0.15, -0.1) is 0 Å². The largest absolute Gasteiger partial charge is 0.396 e. The molecule has 0 amide bonds. The lowest BCUT2D eigenvalue weighted by Crippen LogP contribution is -2.36. The van der Waals surface area contributed by atoms with Crippen molar-refractivity contribution in [2.75, 3.05) is 6.61 Å². The minimum Gasteiger partial charge on any atom is -0.396 e. The molecule has 3 aliphatic rings. The third-order valence-corrected chi connectivity index (χ3v) is 8.58. The summed E-state index contributed by atoms with van der Waals surface area (Å²) in [7, 11) is 0. The van der Waals surface area contributed by atoms with E-state index in [0.717, 1.165) is 43.4 Å². The summed E-state index contributed by atoms with van der Waals surface area (Å²) in [5, 5.41) is 19.3. The van der Waals surface area contributed by atoms with Crippen LogP contribution >= 0.6 is 0 Å². The number of aliphatic hydroxyl groups is 2. The maximum absolute atomic E-state index is 10.0. The summed E-state index contributed by atoms with van der Waals surface area (Å²) >= 11 is 0. The summed E-state index contributed by atoms with van der Waals surface area (Å²) < 4.78 is 0. The molecule has 2 nitrogen and oxygen atoms in total. The molecule has 3 rings (SSSR count). The zero-order valence-electron chi connectivity index (χ0n) is 19.1. The molecule has 0 aromatic carbocycles. The van der Waals surface area contributed by atoms with Gasteiger partial charge in [-0.1, -0.05) is 63.5 Å². The van der Waals surface area contributed by atoms with Gasteiger partial charge in [-0.05, 0) is 92.4 Å². The van der Waals surface area contributed by atoms with Crippen LogP contribution in [0.15, 0.2) is 35.5 Å². The van der Waals surface area contributed by atoms with Crippen molar-refractivity contribution in [2.45, 2.75) is 97.5 Å². The van der Waals surface area contributed by atoms with Gasteiger partial charge in [-0.2, -0.15) is 0 Å². The monoisotopic (exact) mass is 400 g/mol. The van der Waals surface area contributed by atoms with Gasteiger partial charge in [0.05, 0.1) is 6.10 Å². The number of hydrogen-bond acceptors (Lipinski definition) is 2. The first-order valence-corrected chi connectivity index (χ1v) is 12.2. The van der Waals surface area contributed by atoms with E-state index in [4.69, 9.17) is 0 Å². The first-order chi connectivity index (χ1) is 13.8. The lowest BCUT2D eigenvalue weighted by Gasteiger charge is -2.44. The fourth-order valence-electron chi connectivity index (χ4n) is 6.69. The molecule has 0 radical (unpaired) electrons. The number of rotatable bonds is 7. The second-order valence-corrected chi connectivity index (χ2v) is 10.7. The predicted octanol–water partition coefficient (Wildman–Crippen LogP) is 6.59. The molecule has 0 saturated heterocycles. The van der Waals surface area contributed by atoms with Crippen LogP contribution in [-0.4, -0.2) is 22.9 Å². The van der Waals surface area contributed by atoms with Crippen LogP contribution in [0.4, 0.5) is 0 Å². The number of aliphatic hydroxyl groups excluding tert-OH is 2. The molecule has 6 atom stereocenters. The molecule has 3 saturated carbocycles. The van der Waals surface area contributed by atoms with Gasteiger partial charge in [0, 0.05) is 6.61 Å². The molecule has 2 heteroatoms. The van der Waals surface area contributed by atoms with Crippen molar-refractivity contribution in [3.05, 3.63) is 35.5 Å². The van der Waals surface area contributed by atoms with Crippen molar-refractivity contribution in [2.24, 2.45) is 29.1 Å². The van der Waals surface area contributed by atoms with Crippen molar-refractivity contribution in [1.29, 1.82) is 0 Å². The standard InChI is InChI=1S/C27H44O2/c1-19(18-28)7-5-8-21(3)25-14-15-26-22(9-6-16-27(25,26)4)11-12-23-17-24(29)13-10-20(23)2/h11-12,19,21,24-26,28-29H,2,5-10,13-18H2,1,3-4H3/b22-11+,23-12-/t19?,21-,24+,25-,26?,27-/m1/s1. The third kappa shape index (κ3) is 5.25. The highest BCUT2D eigenvalue weighted by atomic mass is 16.3. The lowest BCUT2D eigenvalue weighted by molar-refractivity contribution is 0.0922. The third-order valence-electron chi connectivity index (χ3n) is 8.58. The van der Waals surface area contributed by atoms with Gasteiger partial charge in [0.15, 0.2) is 0 Å². The first kappa shape index (κ1) is 22.8. The van der Waals surface area contributed by atoms with Crippen LogP contribution in [0.1, 0.15) is 91.4 Å². The molecule has 3 fully saturated rings. The number of allylic oxidation sites excluding steroid dienone is 4. The topological polar surface area (TPSA) is 40.5 Å². The van der Waals surface area contributed by atoms with Crippen molar-refractivity contribution in [1.82, 2.24) is 0 Å². The zero-order chi connectivity index (χ0) is 21.0. The zero-order valence-corrected chi connectivity index (χ0v) is 19.1. The second-order valence-electron chi connectivity index (χ2n) is 10.7. The minimum absolute atomic E-state index is 0.188. The van der Waals surface area contributed by atoms with Crippen LogP contribution in [0.5, 0.6) is 0 Å². The Morgan fingerprint density at radius 1 is 1.14 bits per heavy atom. The number of fused-ring (bicyclic) bond motifs is 1.